The molecule has 0 atom stereocenters. The third kappa shape index (κ3) is 4.37. The minimum atomic E-state index is -0.290. The molecule has 1 aromatic heterocycles. The van der Waals surface area contributed by atoms with E-state index in [4.69, 9.17) is 11.6 Å². The van der Waals surface area contributed by atoms with Crippen molar-refractivity contribution in [2.75, 3.05) is 10.6 Å². The van der Waals surface area contributed by atoms with Crippen molar-refractivity contribution in [1.82, 2.24) is 9.97 Å². The maximum Gasteiger partial charge on any atom is 0.274 e. The number of anilines is 3. The molecular formula is C20H19ClN4O. The Kier molecular flexibility index (Phi) is 5.49. The molecule has 6 heteroatoms. The summed E-state index contributed by atoms with van der Waals surface area (Å²) >= 11 is 6.15. The molecule has 0 aliphatic carbocycles. The van der Waals surface area contributed by atoms with Crippen LogP contribution in [0, 0.1) is 6.92 Å². The average molecular weight is 367 g/mol. The van der Waals surface area contributed by atoms with Crippen molar-refractivity contribution >= 4 is 34.8 Å². The number of hydrogen-bond donors (Lipinski definition) is 2. The van der Waals surface area contributed by atoms with E-state index in [1.165, 1.54) is 5.56 Å². The quantitative estimate of drug-likeness (QED) is 0.667. The number of carbonyl (C=O) groups is 1. The van der Waals surface area contributed by atoms with Gasteiger partial charge in [-0.3, -0.25) is 4.79 Å². The third-order valence-electron chi connectivity index (χ3n) is 3.83. The van der Waals surface area contributed by atoms with E-state index in [0.29, 0.717) is 22.4 Å². The maximum absolute atomic E-state index is 12.5. The molecular weight excluding hydrogens is 348 g/mol. The molecule has 0 saturated carbocycles. The maximum atomic E-state index is 12.5. The molecule has 0 unspecified atom stereocenters. The van der Waals surface area contributed by atoms with E-state index in [-0.39, 0.29) is 11.6 Å². The van der Waals surface area contributed by atoms with E-state index in [0.717, 1.165) is 12.1 Å². The minimum absolute atomic E-state index is 0.284. The second-order valence-electron chi connectivity index (χ2n) is 5.83. The van der Waals surface area contributed by atoms with Gasteiger partial charge in [0.1, 0.15) is 5.69 Å². The lowest BCUT2D eigenvalue weighted by Crippen LogP contribution is -2.15. The molecule has 2 aromatic carbocycles. The van der Waals surface area contributed by atoms with Gasteiger partial charge in [0.05, 0.1) is 10.7 Å². The van der Waals surface area contributed by atoms with E-state index < -0.39 is 0 Å². The van der Waals surface area contributed by atoms with Gasteiger partial charge in [0.2, 0.25) is 5.95 Å². The number of carbonyl (C=O) groups excluding carboxylic acids is 1. The van der Waals surface area contributed by atoms with Crippen molar-refractivity contribution in [1.29, 1.82) is 0 Å². The number of aromatic nitrogens is 2. The number of amides is 1. The smallest absolute Gasteiger partial charge is 0.274 e. The average Bonchev–Trinajstić information content (AvgIpc) is 2.64. The molecule has 1 amide bonds. The van der Waals surface area contributed by atoms with Crippen LogP contribution in [0.1, 0.15) is 28.7 Å². The van der Waals surface area contributed by atoms with Crippen LogP contribution in [0.4, 0.5) is 17.3 Å². The molecule has 3 rings (SSSR count). The number of rotatable bonds is 5. The fourth-order valence-corrected chi connectivity index (χ4v) is 2.63. The summed E-state index contributed by atoms with van der Waals surface area (Å²) in [5, 5.41) is 6.46. The van der Waals surface area contributed by atoms with Crippen LogP contribution in [-0.4, -0.2) is 15.9 Å². The van der Waals surface area contributed by atoms with Crippen LogP contribution in [0.15, 0.2) is 54.6 Å². The van der Waals surface area contributed by atoms with Gasteiger partial charge >= 0.3 is 0 Å². The zero-order valence-corrected chi connectivity index (χ0v) is 15.3. The van der Waals surface area contributed by atoms with Crippen LogP contribution in [0.5, 0.6) is 0 Å². The van der Waals surface area contributed by atoms with E-state index in [9.17, 15) is 4.79 Å². The van der Waals surface area contributed by atoms with Crippen molar-refractivity contribution in [3.05, 3.63) is 76.6 Å². The van der Waals surface area contributed by atoms with Crippen molar-refractivity contribution < 1.29 is 4.79 Å². The molecule has 0 fully saturated rings. The zero-order valence-electron chi connectivity index (χ0n) is 14.6. The standard InChI is InChI=1S/C20H19ClN4O/c1-3-14-8-10-15(11-9-14)23-19(26)18-12-13(2)22-20(25-18)24-17-7-5-4-6-16(17)21/h4-12H,3H2,1-2H3,(H,23,26)(H,22,24,25). The van der Waals surface area contributed by atoms with Gasteiger partial charge in [0, 0.05) is 11.4 Å². The van der Waals surface area contributed by atoms with Crippen LogP contribution < -0.4 is 10.6 Å². The van der Waals surface area contributed by atoms with Crippen LogP contribution in [0.25, 0.3) is 0 Å². The number of halogens is 1. The number of benzene rings is 2. The van der Waals surface area contributed by atoms with E-state index in [1.54, 1.807) is 12.1 Å². The van der Waals surface area contributed by atoms with Gasteiger partial charge in [-0.05, 0) is 49.2 Å². The number of nitrogens with zero attached hydrogens (tertiary/aromatic N) is 2. The molecule has 26 heavy (non-hydrogen) atoms. The molecule has 1 heterocycles. The number of nitrogens with one attached hydrogen (secondary N) is 2. The van der Waals surface area contributed by atoms with Crippen LogP contribution in [0.3, 0.4) is 0 Å². The summed E-state index contributed by atoms with van der Waals surface area (Å²) in [7, 11) is 0. The molecule has 0 bridgehead atoms. The summed E-state index contributed by atoms with van der Waals surface area (Å²) in [6.45, 7) is 3.90. The Bertz CT molecular complexity index is 925. The lowest BCUT2D eigenvalue weighted by atomic mass is 10.1. The summed E-state index contributed by atoms with van der Waals surface area (Å²) in [5.74, 6) is 0.0338. The van der Waals surface area contributed by atoms with Gasteiger partial charge < -0.3 is 10.6 Å². The van der Waals surface area contributed by atoms with Crippen molar-refractivity contribution in [3.8, 4) is 0 Å². The second-order valence-corrected chi connectivity index (χ2v) is 6.23. The topological polar surface area (TPSA) is 66.9 Å². The monoisotopic (exact) mass is 366 g/mol. The van der Waals surface area contributed by atoms with Crippen molar-refractivity contribution in [2.24, 2.45) is 0 Å². The lowest BCUT2D eigenvalue weighted by Gasteiger charge is -2.10. The van der Waals surface area contributed by atoms with Gasteiger partial charge in [-0.2, -0.15) is 0 Å². The Morgan fingerprint density at radius 2 is 1.81 bits per heavy atom. The second kappa shape index (κ2) is 7.97. The summed E-state index contributed by atoms with van der Waals surface area (Å²) in [4.78, 5) is 21.2. The Morgan fingerprint density at radius 1 is 1.08 bits per heavy atom. The largest absolute Gasteiger partial charge is 0.323 e. The molecule has 0 spiro atoms. The Hall–Kier alpha value is -2.92. The van der Waals surface area contributed by atoms with Gasteiger partial charge in [-0.15, -0.1) is 0 Å². The number of aryl methyl sites for hydroxylation is 2. The molecule has 0 saturated heterocycles. The van der Waals surface area contributed by atoms with E-state index in [2.05, 4.69) is 27.5 Å². The van der Waals surface area contributed by atoms with Gasteiger partial charge in [0.15, 0.2) is 0 Å². The fourth-order valence-electron chi connectivity index (χ4n) is 2.44. The molecule has 0 radical (unpaired) electrons. The first-order chi connectivity index (χ1) is 12.5. The highest BCUT2D eigenvalue weighted by atomic mass is 35.5. The minimum Gasteiger partial charge on any atom is -0.323 e. The molecule has 0 aliphatic heterocycles. The Balaban J connectivity index is 1.80. The highest BCUT2D eigenvalue weighted by Crippen LogP contribution is 2.23. The van der Waals surface area contributed by atoms with Gasteiger partial charge in [-0.1, -0.05) is 42.8 Å². The van der Waals surface area contributed by atoms with E-state index in [1.807, 2.05) is 49.4 Å². The molecule has 5 nitrogen and oxygen atoms in total. The molecule has 2 N–H and O–H groups in total. The summed E-state index contributed by atoms with van der Waals surface area (Å²) in [5.41, 5.74) is 3.59. The normalized spacial score (nSPS) is 10.4. The van der Waals surface area contributed by atoms with Crippen LogP contribution >= 0.6 is 11.6 Å². The number of hydrogen-bond acceptors (Lipinski definition) is 4. The SMILES string of the molecule is CCc1ccc(NC(=O)c2cc(C)nc(Nc3ccccc3Cl)n2)cc1. The Labute approximate surface area is 157 Å². The first kappa shape index (κ1) is 17.9. The molecule has 132 valence electrons. The predicted octanol–water partition coefficient (Wildman–Crippen LogP) is 5.00. The Morgan fingerprint density at radius 3 is 2.50 bits per heavy atom. The third-order valence-corrected chi connectivity index (χ3v) is 4.16. The van der Waals surface area contributed by atoms with Gasteiger partial charge in [0.25, 0.3) is 5.91 Å². The van der Waals surface area contributed by atoms with Crippen LogP contribution in [-0.2, 0) is 6.42 Å². The predicted molar refractivity (Wildman–Crippen MR) is 105 cm³/mol. The molecule has 3 aromatic rings. The van der Waals surface area contributed by atoms with Crippen molar-refractivity contribution in [3.63, 3.8) is 0 Å². The number of para-hydroxylation sites is 1. The highest BCUT2D eigenvalue weighted by Gasteiger charge is 2.12. The van der Waals surface area contributed by atoms with Crippen LogP contribution in [0.2, 0.25) is 5.02 Å². The fraction of sp³-hybridized carbons (Fsp3) is 0.150. The molecule has 0 aliphatic rings. The van der Waals surface area contributed by atoms with Crippen molar-refractivity contribution in [2.45, 2.75) is 20.3 Å². The lowest BCUT2D eigenvalue weighted by molar-refractivity contribution is 0.102. The summed E-state index contributed by atoms with van der Waals surface area (Å²) in [6.07, 6.45) is 0.955. The first-order valence-corrected chi connectivity index (χ1v) is 8.70. The highest BCUT2D eigenvalue weighted by molar-refractivity contribution is 6.33. The zero-order chi connectivity index (χ0) is 18.5. The summed E-state index contributed by atoms with van der Waals surface area (Å²) < 4.78 is 0. The van der Waals surface area contributed by atoms with Gasteiger partial charge in [-0.25, -0.2) is 9.97 Å². The first-order valence-electron chi connectivity index (χ1n) is 8.32. The summed E-state index contributed by atoms with van der Waals surface area (Å²) in [6, 6.07) is 16.7. The van der Waals surface area contributed by atoms with E-state index >= 15 is 0 Å².